The van der Waals surface area contributed by atoms with Gasteiger partial charge in [0.2, 0.25) is 5.91 Å². The van der Waals surface area contributed by atoms with Crippen LogP contribution in [0.2, 0.25) is 0 Å². The van der Waals surface area contributed by atoms with E-state index in [4.69, 9.17) is 9.47 Å². The first kappa shape index (κ1) is 21.8. The van der Waals surface area contributed by atoms with Gasteiger partial charge in [0, 0.05) is 11.7 Å². The Morgan fingerprint density at radius 3 is 2.61 bits per heavy atom. The molecule has 2 aromatic carbocycles. The molecular weight excluding hydrogens is 464 g/mol. The first-order valence-electron chi connectivity index (χ1n) is 10.5. The lowest BCUT2D eigenvalue weighted by Crippen LogP contribution is -2.36. The summed E-state index contributed by atoms with van der Waals surface area (Å²) in [4.78, 5) is 12.4. The van der Waals surface area contributed by atoms with Crippen molar-refractivity contribution in [2.75, 3.05) is 23.9 Å². The number of benzene rings is 2. The van der Waals surface area contributed by atoms with Gasteiger partial charge in [-0.05, 0) is 30.7 Å². The molecule has 11 heteroatoms. The summed E-state index contributed by atoms with van der Waals surface area (Å²) in [5.74, 6) is 1.85. The highest BCUT2D eigenvalue weighted by molar-refractivity contribution is 7.99. The van der Waals surface area contributed by atoms with Crippen molar-refractivity contribution in [2.24, 2.45) is 0 Å². The number of nitrogens with one attached hydrogen (secondary N) is 1. The number of sulfone groups is 1. The minimum Gasteiger partial charge on any atom is -0.485 e. The zero-order valence-corrected chi connectivity index (χ0v) is 19.2. The summed E-state index contributed by atoms with van der Waals surface area (Å²) in [6.07, 6.45) is -0.0247. The summed E-state index contributed by atoms with van der Waals surface area (Å²) in [6.45, 7) is 0.281. The zero-order valence-electron chi connectivity index (χ0n) is 17.6. The maximum Gasteiger partial charge on any atom is 0.230 e. The smallest absolute Gasteiger partial charge is 0.230 e. The molecule has 0 spiro atoms. The van der Waals surface area contributed by atoms with Gasteiger partial charge in [-0.15, -0.1) is 10.2 Å². The topological polar surface area (TPSA) is 112 Å². The molecule has 0 saturated carbocycles. The summed E-state index contributed by atoms with van der Waals surface area (Å²) in [6, 6.07) is 16.7. The van der Waals surface area contributed by atoms with E-state index in [-0.39, 0.29) is 35.8 Å². The molecule has 0 unspecified atom stereocenters. The van der Waals surface area contributed by atoms with E-state index >= 15 is 0 Å². The summed E-state index contributed by atoms with van der Waals surface area (Å²) in [5, 5.41) is 12.0. The molecule has 0 bridgehead atoms. The van der Waals surface area contributed by atoms with E-state index in [0.717, 1.165) is 5.69 Å². The number of hydrogen-bond acceptors (Lipinski definition) is 8. The summed E-state index contributed by atoms with van der Waals surface area (Å²) in [7, 11) is -3.06. The highest BCUT2D eigenvalue weighted by atomic mass is 32.2. The third kappa shape index (κ3) is 4.83. The highest BCUT2D eigenvalue weighted by Gasteiger charge is 2.31. The molecule has 1 aromatic heterocycles. The number of hydrogen-bond donors (Lipinski definition) is 1. The number of aromatic nitrogens is 3. The van der Waals surface area contributed by atoms with E-state index in [1.807, 2.05) is 59.2 Å². The average molecular weight is 487 g/mol. The van der Waals surface area contributed by atoms with Crippen molar-refractivity contribution in [3.05, 3.63) is 60.4 Å². The van der Waals surface area contributed by atoms with Crippen LogP contribution in [0.4, 0.5) is 0 Å². The number of nitrogens with zero attached hydrogens (tertiary/aromatic N) is 3. The third-order valence-electron chi connectivity index (χ3n) is 5.40. The Morgan fingerprint density at radius 1 is 1.09 bits per heavy atom. The van der Waals surface area contributed by atoms with Crippen molar-refractivity contribution in [2.45, 2.75) is 23.7 Å². The molecule has 2 aliphatic heterocycles. The Labute approximate surface area is 195 Å². The normalized spacial score (nSPS) is 21.0. The van der Waals surface area contributed by atoms with Gasteiger partial charge in [0.1, 0.15) is 6.61 Å². The Kier molecular flexibility index (Phi) is 5.98. The van der Waals surface area contributed by atoms with Crippen LogP contribution in [0, 0.1) is 0 Å². The van der Waals surface area contributed by atoms with Crippen LogP contribution in [0.3, 0.4) is 0 Å². The number of para-hydroxylation sites is 3. The quantitative estimate of drug-likeness (QED) is 0.528. The van der Waals surface area contributed by atoms with Gasteiger partial charge < -0.3 is 14.8 Å². The second-order valence-electron chi connectivity index (χ2n) is 7.83. The predicted octanol–water partition coefficient (Wildman–Crippen LogP) is 2.18. The number of rotatable bonds is 6. The molecule has 1 amide bonds. The van der Waals surface area contributed by atoms with Gasteiger partial charge in [-0.3, -0.25) is 9.36 Å². The number of fused-ring (bicyclic) bond motifs is 1. The Morgan fingerprint density at radius 2 is 1.85 bits per heavy atom. The first-order chi connectivity index (χ1) is 16.0. The molecule has 3 heterocycles. The van der Waals surface area contributed by atoms with Crippen molar-refractivity contribution < 1.29 is 22.7 Å². The van der Waals surface area contributed by atoms with E-state index in [0.29, 0.717) is 28.9 Å². The molecular formula is C22H22N4O5S2. The molecule has 9 nitrogen and oxygen atoms in total. The maximum absolute atomic E-state index is 12.4. The van der Waals surface area contributed by atoms with Gasteiger partial charge in [0.05, 0.1) is 17.3 Å². The first-order valence-corrected chi connectivity index (χ1v) is 13.3. The fourth-order valence-electron chi connectivity index (χ4n) is 3.86. The van der Waals surface area contributed by atoms with Crippen LogP contribution < -0.4 is 14.8 Å². The van der Waals surface area contributed by atoms with E-state index in [9.17, 15) is 13.2 Å². The van der Waals surface area contributed by atoms with Crippen LogP contribution in [0.5, 0.6) is 11.5 Å². The summed E-state index contributed by atoms with van der Waals surface area (Å²) < 4.78 is 37.1. The number of carbonyl (C=O) groups excluding carboxylic acids is 1. The molecule has 2 aliphatic rings. The SMILES string of the molecule is O=C(CSc1nnc([C@H]2COc3ccccc3O2)n1-c1ccccc1)N[C@H]1CCS(=O)(=O)C1. The van der Waals surface area contributed by atoms with E-state index in [1.165, 1.54) is 11.8 Å². The Balaban J connectivity index is 1.35. The molecule has 1 N–H and O–H groups in total. The highest BCUT2D eigenvalue weighted by Crippen LogP contribution is 2.36. The van der Waals surface area contributed by atoms with Crippen LogP contribution in [-0.4, -0.2) is 59.0 Å². The molecule has 1 fully saturated rings. The lowest BCUT2D eigenvalue weighted by atomic mass is 10.2. The average Bonchev–Trinajstić information content (AvgIpc) is 3.40. The minimum absolute atomic E-state index is 0.00571. The minimum atomic E-state index is -3.06. The molecule has 0 aliphatic carbocycles. The molecule has 33 heavy (non-hydrogen) atoms. The molecule has 1 saturated heterocycles. The monoisotopic (exact) mass is 486 g/mol. The number of ether oxygens (including phenoxy) is 2. The lowest BCUT2D eigenvalue weighted by molar-refractivity contribution is -0.119. The number of carbonyl (C=O) groups is 1. The van der Waals surface area contributed by atoms with Crippen LogP contribution in [0.1, 0.15) is 18.3 Å². The molecule has 172 valence electrons. The van der Waals surface area contributed by atoms with Gasteiger partial charge in [-0.25, -0.2) is 8.42 Å². The fourth-order valence-corrected chi connectivity index (χ4v) is 6.30. The van der Waals surface area contributed by atoms with Crippen LogP contribution in [0.15, 0.2) is 59.8 Å². The van der Waals surface area contributed by atoms with Crippen molar-refractivity contribution in [3.8, 4) is 17.2 Å². The zero-order chi connectivity index (χ0) is 22.8. The van der Waals surface area contributed by atoms with Gasteiger partial charge in [0.15, 0.2) is 38.4 Å². The van der Waals surface area contributed by atoms with Crippen molar-refractivity contribution >= 4 is 27.5 Å². The fraction of sp³-hybridized carbons (Fsp3) is 0.318. The van der Waals surface area contributed by atoms with Crippen molar-refractivity contribution in [1.29, 1.82) is 0 Å². The summed E-state index contributed by atoms with van der Waals surface area (Å²) in [5.41, 5.74) is 0.838. The van der Waals surface area contributed by atoms with Crippen molar-refractivity contribution in [3.63, 3.8) is 0 Å². The maximum atomic E-state index is 12.4. The standard InChI is InChI=1S/C22H22N4O5S2/c27-20(23-15-10-11-33(28,29)14-15)13-32-22-25-24-21(26(22)16-6-2-1-3-7-16)19-12-30-17-8-4-5-9-18(17)31-19/h1-9,15,19H,10-14H2,(H,23,27)/t15-,19+/m0/s1. The number of thioether (sulfide) groups is 1. The Hall–Kier alpha value is -3.05. The van der Waals surface area contributed by atoms with Crippen LogP contribution >= 0.6 is 11.8 Å². The predicted molar refractivity (Wildman–Crippen MR) is 123 cm³/mol. The number of amides is 1. The summed E-state index contributed by atoms with van der Waals surface area (Å²) >= 11 is 1.24. The van der Waals surface area contributed by atoms with Crippen molar-refractivity contribution in [1.82, 2.24) is 20.1 Å². The largest absolute Gasteiger partial charge is 0.485 e. The van der Waals surface area contributed by atoms with Crippen LogP contribution in [0.25, 0.3) is 5.69 Å². The van der Waals surface area contributed by atoms with Gasteiger partial charge in [-0.1, -0.05) is 42.1 Å². The Bertz CT molecular complexity index is 1260. The lowest BCUT2D eigenvalue weighted by Gasteiger charge is -2.26. The van der Waals surface area contributed by atoms with E-state index in [1.54, 1.807) is 0 Å². The molecule has 3 aromatic rings. The van der Waals surface area contributed by atoms with Gasteiger partial charge in [-0.2, -0.15) is 0 Å². The molecule has 0 radical (unpaired) electrons. The molecule has 5 rings (SSSR count). The van der Waals surface area contributed by atoms with Gasteiger partial charge in [0.25, 0.3) is 0 Å². The molecule has 2 atom stereocenters. The second kappa shape index (κ2) is 9.06. The van der Waals surface area contributed by atoms with E-state index < -0.39 is 15.9 Å². The van der Waals surface area contributed by atoms with Crippen LogP contribution in [-0.2, 0) is 14.6 Å². The third-order valence-corrected chi connectivity index (χ3v) is 8.10. The van der Waals surface area contributed by atoms with Gasteiger partial charge >= 0.3 is 0 Å². The second-order valence-corrected chi connectivity index (χ2v) is 11.0. The van der Waals surface area contributed by atoms with E-state index in [2.05, 4.69) is 15.5 Å².